The fraction of sp³-hybridized carbons (Fsp3) is 0.684. The van der Waals surface area contributed by atoms with Crippen molar-refractivity contribution in [2.24, 2.45) is 4.99 Å². The largest absolute Gasteiger partial charge is 0.468 e. The van der Waals surface area contributed by atoms with Gasteiger partial charge in [0.2, 0.25) is 5.91 Å². The minimum atomic E-state index is 0. The van der Waals surface area contributed by atoms with Gasteiger partial charge in [-0.2, -0.15) is 0 Å². The lowest BCUT2D eigenvalue weighted by molar-refractivity contribution is -0.121. The Hall–Kier alpha value is -1.29. The van der Waals surface area contributed by atoms with Crippen LogP contribution in [0.15, 0.2) is 27.8 Å². The minimum absolute atomic E-state index is 0. The van der Waals surface area contributed by atoms with E-state index in [1.165, 1.54) is 12.8 Å². The molecule has 0 saturated carbocycles. The van der Waals surface area contributed by atoms with E-state index < -0.39 is 0 Å². The Morgan fingerprint density at radius 1 is 1.33 bits per heavy atom. The number of hydrogen-bond acceptors (Lipinski definition) is 4. The number of aliphatic imine (C=N–C) groups is 1. The molecule has 2 atom stereocenters. The van der Waals surface area contributed by atoms with Gasteiger partial charge in [-0.3, -0.25) is 14.7 Å². The highest BCUT2D eigenvalue weighted by Gasteiger charge is 2.25. The Morgan fingerprint density at radius 3 is 2.67 bits per heavy atom. The zero-order chi connectivity index (χ0) is 18.8. The molecule has 1 amide bonds. The average molecular weight is 491 g/mol. The second-order valence-electron chi connectivity index (χ2n) is 6.78. The van der Waals surface area contributed by atoms with Gasteiger partial charge in [-0.05, 0) is 51.4 Å². The fourth-order valence-corrected chi connectivity index (χ4v) is 3.10. The van der Waals surface area contributed by atoms with Gasteiger partial charge in [0.25, 0.3) is 0 Å². The Balaban J connectivity index is 0.00000364. The first-order valence-electron chi connectivity index (χ1n) is 9.65. The SMILES string of the molecule is CCC(C)NC(=O)CCNC(=NC)NCC(c1ccco1)N1CCCC1.I. The van der Waals surface area contributed by atoms with E-state index in [0.717, 1.165) is 25.3 Å². The number of likely N-dealkylation sites (tertiary alicyclic amines) is 1. The predicted octanol–water partition coefficient (Wildman–Crippen LogP) is 2.50. The maximum Gasteiger partial charge on any atom is 0.221 e. The normalized spacial score (nSPS) is 17.1. The van der Waals surface area contributed by atoms with Gasteiger partial charge in [-0.15, -0.1) is 24.0 Å². The lowest BCUT2D eigenvalue weighted by Gasteiger charge is -2.26. The van der Waals surface area contributed by atoms with E-state index in [2.05, 4.69) is 32.8 Å². The zero-order valence-electron chi connectivity index (χ0n) is 16.7. The number of amides is 1. The van der Waals surface area contributed by atoms with E-state index in [0.29, 0.717) is 25.5 Å². The lowest BCUT2D eigenvalue weighted by Crippen LogP contribution is -2.43. The number of rotatable bonds is 9. The van der Waals surface area contributed by atoms with Crippen LogP contribution in [-0.2, 0) is 4.79 Å². The number of guanidine groups is 1. The number of nitrogens with one attached hydrogen (secondary N) is 3. The minimum Gasteiger partial charge on any atom is -0.468 e. The summed E-state index contributed by atoms with van der Waals surface area (Å²) < 4.78 is 5.64. The second-order valence-corrected chi connectivity index (χ2v) is 6.78. The highest BCUT2D eigenvalue weighted by atomic mass is 127. The van der Waals surface area contributed by atoms with Crippen molar-refractivity contribution in [3.05, 3.63) is 24.2 Å². The summed E-state index contributed by atoms with van der Waals surface area (Å²) in [5.74, 6) is 1.74. The molecule has 0 spiro atoms. The molecule has 8 heteroatoms. The Labute approximate surface area is 179 Å². The van der Waals surface area contributed by atoms with Gasteiger partial charge in [0.05, 0.1) is 12.3 Å². The fourth-order valence-electron chi connectivity index (χ4n) is 3.10. The molecule has 154 valence electrons. The molecule has 2 rings (SSSR count). The Bertz CT molecular complexity index is 558. The van der Waals surface area contributed by atoms with Crippen molar-refractivity contribution in [3.8, 4) is 0 Å². The van der Waals surface area contributed by atoms with Crippen LogP contribution in [0.5, 0.6) is 0 Å². The summed E-state index contributed by atoms with van der Waals surface area (Å²) in [4.78, 5) is 18.5. The molecule has 1 aromatic heterocycles. The van der Waals surface area contributed by atoms with Crippen LogP contribution >= 0.6 is 24.0 Å². The smallest absolute Gasteiger partial charge is 0.221 e. The molecule has 0 aromatic carbocycles. The van der Waals surface area contributed by atoms with Crippen LogP contribution in [0.1, 0.15) is 51.3 Å². The molecule has 1 aliphatic heterocycles. The van der Waals surface area contributed by atoms with Crippen LogP contribution in [0.25, 0.3) is 0 Å². The summed E-state index contributed by atoms with van der Waals surface area (Å²) in [5.41, 5.74) is 0. The van der Waals surface area contributed by atoms with Crippen molar-refractivity contribution in [2.75, 3.05) is 33.2 Å². The molecule has 3 N–H and O–H groups in total. The topological polar surface area (TPSA) is 81.9 Å². The van der Waals surface area contributed by atoms with Crippen LogP contribution < -0.4 is 16.0 Å². The number of furan rings is 1. The van der Waals surface area contributed by atoms with Crippen LogP contribution in [0, 0.1) is 0 Å². The molecule has 2 heterocycles. The molecule has 1 fully saturated rings. The number of carbonyl (C=O) groups excluding carboxylic acids is 1. The van der Waals surface area contributed by atoms with Crippen LogP contribution in [0.2, 0.25) is 0 Å². The Kier molecular flexibility index (Phi) is 11.4. The summed E-state index contributed by atoms with van der Waals surface area (Å²) in [6, 6.07) is 4.37. The third-order valence-corrected chi connectivity index (χ3v) is 4.80. The molecule has 0 aliphatic carbocycles. The summed E-state index contributed by atoms with van der Waals surface area (Å²) in [6.45, 7) is 7.52. The molecular weight excluding hydrogens is 457 g/mol. The molecule has 7 nitrogen and oxygen atoms in total. The van der Waals surface area contributed by atoms with E-state index >= 15 is 0 Å². The van der Waals surface area contributed by atoms with Gasteiger partial charge >= 0.3 is 0 Å². The van der Waals surface area contributed by atoms with Crippen LogP contribution in [-0.4, -0.2) is 56.0 Å². The van der Waals surface area contributed by atoms with Crippen molar-refractivity contribution < 1.29 is 9.21 Å². The highest BCUT2D eigenvalue weighted by Crippen LogP contribution is 2.24. The summed E-state index contributed by atoms with van der Waals surface area (Å²) in [5, 5.41) is 9.55. The summed E-state index contributed by atoms with van der Waals surface area (Å²) in [6.07, 6.45) is 5.55. The van der Waals surface area contributed by atoms with E-state index in [1.54, 1.807) is 13.3 Å². The molecule has 2 unspecified atom stereocenters. The van der Waals surface area contributed by atoms with Crippen molar-refractivity contribution in [3.63, 3.8) is 0 Å². The van der Waals surface area contributed by atoms with Crippen LogP contribution in [0.3, 0.4) is 0 Å². The first kappa shape index (κ1) is 23.7. The van der Waals surface area contributed by atoms with Crippen molar-refractivity contribution in [1.82, 2.24) is 20.9 Å². The first-order valence-corrected chi connectivity index (χ1v) is 9.65. The van der Waals surface area contributed by atoms with Gasteiger partial charge < -0.3 is 20.4 Å². The molecule has 27 heavy (non-hydrogen) atoms. The van der Waals surface area contributed by atoms with E-state index in [1.807, 2.05) is 19.1 Å². The maximum atomic E-state index is 11.8. The lowest BCUT2D eigenvalue weighted by atomic mass is 10.2. The third kappa shape index (κ3) is 8.08. The molecule has 0 radical (unpaired) electrons. The third-order valence-electron chi connectivity index (χ3n) is 4.80. The molecular formula is C19H34IN5O2. The van der Waals surface area contributed by atoms with E-state index in [9.17, 15) is 4.79 Å². The van der Waals surface area contributed by atoms with Gasteiger partial charge in [-0.1, -0.05) is 6.92 Å². The quantitative estimate of drug-likeness (QED) is 0.281. The molecule has 1 aliphatic rings. The summed E-state index contributed by atoms with van der Waals surface area (Å²) >= 11 is 0. The second kappa shape index (κ2) is 13.0. The van der Waals surface area contributed by atoms with E-state index in [-0.39, 0.29) is 42.0 Å². The van der Waals surface area contributed by atoms with E-state index in [4.69, 9.17) is 4.42 Å². The van der Waals surface area contributed by atoms with Crippen molar-refractivity contribution in [1.29, 1.82) is 0 Å². The van der Waals surface area contributed by atoms with Crippen LogP contribution in [0.4, 0.5) is 0 Å². The number of carbonyl (C=O) groups is 1. The number of hydrogen-bond donors (Lipinski definition) is 3. The Morgan fingerprint density at radius 2 is 2.07 bits per heavy atom. The van der Waals surface area contributed by atoms with Gasteiger partial charge in [0.1, 0.15) is 5.76 Å². The molecule has 0 bridgehead atoms. The molecule has 1 saturated heterocycles. The van der Waals surface area contributed by atoms with Gasteiger partial charge in [0.15, 0.2) is 5.96 Å². The highest BCUT2D eigenvalue weighted by molar-refractivity contribution is 14.0. The number of halogens is 1. The maximum absolute atomic E-state index is 11.8. The molecule has 1 aromatic rings. The monoisotopic (exact) mass is 491 g/mol. The number of nitrogens with zero attached hydrogens (tertiary/aromatic N) is 2. The zero-order valence-corrected chi connectivity index (χ0v) is 19.0. The standard InChI is InChI=1S/C19H33N5O2.HI/c1-4-15(2)23-18(25)9-10-21-19(20-3)22-14-16(17-8-7-13-26-17)24-11-5-6-12-24;/h7-8,13,15-16H,4-6,9-12,14H2,1-3H3,(H,23,25)(H2,20,21,22);1H. The first-order chi connectivity index (χ1) is 12.6. The average Bonchev–Trinajstić information content (AvgIpc) is 3.34. The van der Waals surface area contributed by atoms with Crippen molar-refractivity contribution >= 4 is 35.8 Å². The summed E-state index contributed by atoms with van der Waals surface area (Å²) in [7, 11) is 1.74. The predicted molar refractivity (Wildman–Crippen MR) is 120 cm³/mol. The van der Waals surface area contributed by atoms with Gasteiger partial charge in [-0.25, -0.2) is 0 Å². The van der Waals surface area contributed by atoms with Crippen molar-refractivity contribution in [2.45, 2.75) is 51.6 Å². The van der Waals surface area contributed by atoms with Gasteiger partial charge in [0, 0.05) is 32.6 Å².